The van der Waals surface area contributed by atoms with Crippen molar-refractivity contribution < 1.29 is 4.74 Å². The molecule has 0 radical (unpaired) electrons. The maximum atomic E-state index is 12.2. The number of aromatic nitrogens is 3. The fraction of sp³-hybridized carbons (Fsp3) is 0.389. The molecule has 130 valence electrons. The van der Waals surface area contributed by atoms with E-state index in [1.165, 1.54) is 27.0 Å². The second-order valence-electron chi connectivity index (χ2n) is 6.20. The number of rotatable bonds is 5. The second kappa shape index (κ2) is 6.48. The molecule has 6 nitrogen and oxygen atoms in total. The second-order valence-corrected chi connectivity index (χ2v) is 7.16. The lowest BCUT2D eigenvalue weighted by Gasteiger charge is -2.13. The van der Waals surface area contributed by atoms with Crippen molar-refractivity contribution in [1.29, 1.82) is 0 Å². The van der Waals surface area contributed by atoms with Crippen LogP contribution in [0.1, 0.15) is 42.6 Å². The number of nitrogens with zero attached hydrogens (tertiary/aromatic N) is 3. The Morgan fingerprint density at radius 1 is 1.44 bits per heavy atom. The minimum Gasteiger partial charge on any atom is -0.496 e. The molecule has 2 heterocycles. The summed E-state index contributed by atoms with van der Waals surface area (Å²) < 4.78 is 6.84. The molecule has 1 aliphatic rings. The van der Waals surface area contributed by atoms with Crippen LogP contribution in [-0.4, -0.2) is 21.7 Å². The number of fused-ring (bicyclic) bond motifs is 2. The molecule has 1 aliphatic carbocycles. The lowest BCUT2D eigenvalue weighted by molar-refractivity contribution is 0.410. The summed E-state index contributed by atoms with van der Waals surface area (Å²) >= 11 is 1.42. The molecule has 0 fully saturated rings. The van der Waals surface area contributed by atoms with E-state index in [0.717, 1.165) is 42.3 Å². The molecular weight excluding hydrogens is 336 g/mol. The van der Waals surface area contributed by atoms with Crippen LogP contribution in [0, 0.1) is 0 Å². The smallest absolute Gasteiger partial charge is 0.275 e. The van der Waals surface area contributed by atoms with E-state index in [-0.39, 0.29) is 11.6 Å². The Balaban J connectivity index is 1.65. The molecule has 0 spiro atoms. The maximum absolute atomic E-state index is 12.2. The molecule has 0 aliphatic heterocycles. The van der Waals surface area contributed by atoms with Crippen molar-refractivity contribution >= 4 is 21.4 Å². The molecule has 1 aromatic carbocycles. The van der Waals surface area contributed by atoms with Gasteiger partial charge in [-0.05, 0) is 36.5 Å². The summed E-state index contributed by atoms with van der Waals surface area (Å²) in [6, 6.07) is 7.89. The number of hydrogen-bond acceptors (Lipinski definition) is 6. The van der Waals surface area contributed by atoms with Gasteiger partial charge in [-0.25, -0.2) is 4.98 Å². The number of nitrogens with one attached hydrogen (secondary N) is 1. The molecule has 1 unspecified atom stereocenters. The normalized spacial score (nSPS) is 16.2. The van der Waals surface area contributed by atoms with Crippen molar-refractivity contribution in [2.24, 2.45) is 0 Å². The molecule has 4 rings (SSSR count). The zero-order valence-electron chi connectivity index (χ0n) is 14.3. The predicted molar refractivity (Wildman–Crippen MR) is 98.8 cm³/mol. The van der Waals surface area contributed by atoms with Gasteiger partial charge in [0.25, 0.3) is 5.56 Å². The van der Waals surface area contributed by atoms with Crippen LogP contribution in [-0.2, 0) is 12.8 Å². The molecule has 0 amide bonds. The number of aryl methyl sites for hydroxylation is 1. The van der Waals surface area contributed by atoms with Crippen molar-refractivity contribution in [2.75, 3.05) is 12.4 Å². The molecule has 0 saturated heterocycles. The van der Waals surface area contributed by atoms with Gasteiger partial charge in [0.2, 0.25) is 10.1 Å². The summed E-state index contributed by atoms with van der Waals surface area (Å²) in [5.41, 5.74) is 3.21. The molecule has 0 saturated carbocycles. The lowest BCUT2D eigenvalue weighted by Crippen LogP contribution is -2.16. The van der Waals surface area contributed by atoms with Crippen LogP contribution >= 0.6 is 11.3 Å². The average Bonchev–Trinajstić information content (AvgIpc) is 3.20. The Labute approximate surface area is 149 Å². The zero-order valence-corrected chi connectivity index (χ0v) is 15.1. The fourth-order valence-corrected chi connectivity index (χ4v) is 4.29. The minimum absolute atomic E-state index is 0.119. The van der Waals surface area contributed by atoms with Gasteiger partial charge in [-0.15, -0.1) is 5.10 Å². The highest BCUT2D eigenvalue weighted by Crippen LogP contribution is 2.39. The third-order valence-electron chi connectivity index (χ3n) is 4.55. The molecule has 7 heteroatoms. The van der Waals surface area contributed by atoms with Crippen molar-refractivity contribution in [3.05, 3.63) is 51.4 Å². The third-order valence-corrected chi connectivity index (χ3v) is 5.39. The van der Waals surface area contributed by atoms with Gasteiger partial charge in [-0.3, -0.25) is 4.79 Å². The van der Waals surface area contributed by atoms with E-state index in [4.69, 9.17) is 4.74 Å². The van der Waals surface area contributed by atoms with Crippen LogP contribution in [0.25, 0.3) is 4.96 Å². The number of hydrogen-bond donors (Lipinski definition) is 1. The molecule has 0 bridgehead atoms. The largest absolute Gasteiger partial charge is 0.496 e. The topological polar surface area (TPSA) is 68.5 Å². The quantitative estimate of drug-likeness (QED) is 0.760. The van der Waals surface area contributed by atoms with Crippen LogP contribution in [0.2, 0.25) is 0 Å². The molecule has 2 aromatic heterocycles. The fourth-order valence-electron chi connectivity index (χ4n) is 3.41. The van der Waals surface area contributed by atoms with Crippen molar-refractivity contribution in [1.82, 2.24) is 14.6 Å². The molecule has 1 N–H and O–H groups in total. The van der Waals surface area contributed by atoms with Gasteiger partial charge in [0, 0.05) is 11.8 Å². The van der Waals surface area contributed by atoms with Crippen molar-refractivity contribution in [3.8, 4) is 5.75 Å². The molecule has 3 aromatic rings. The van der Waals surface area contributed by atoms with E-state index < -0.39 is 0 Å². The third kappa shape index (κ3) is 2.89. The van der Waals surface area contributed by atoms with Gasteiger partial charge >= 0.3 is 0 Å². The van der Waals surface area contributed by atoms with E-state index >= 15 is 0 Å². The Morgan fingerprint density at radius 2 is 2.32 bits per heavy atom. The first kappa shape index (κ1) is 16.1. The summed E-state index contributed by atoms with van der Waals surface area (Å²) in [4.78, 5) is 17.4. The highest BCUT2D eigenvalue weighted by Gasteiger charge is 2.26. The zero-order chi connectivity index (χ0) is 17.4. The van der Waals surface area contributed by atoms with Gasteiger partial charge in [-0.1, -0.05) is 36.8 Å². The van der Waals surface area contributed by atoms with Gasteiger partial charge in [0.15, 0.2) is 0 Å². The average molecular weight is 356 g/mol. The number of ether oxygens (including phenoxy) is 1. The van der Waals surface area contributed by atoms with Gasteiger partial charge in [-0.2, -0.15) is 4.52 Å². The first-order valence-electron chi connectivity index (χ1n) is 8.51. The molecule has 1 atom stereocenters. The van der Waals surface area contributed by atoms with Crippen LogP contribution in [0.5, 0.6) is 5.75 Å². The summed E-state index contributed by atoms with van der Waals surface area (Å²) in [7, 11) is 1.70. The standard InChI is InChI=1S/C18H20N4O2S/c1-3-5-11-10-16(23)22-18(19-11)25-17(21-22)20-14-9-8-13-12(14)6-4-7-15(13)24-2/h4,6-7,10,14H,3,5,8-9H2,1-2H3,(H,20,21). The Kier molecular flexibility index (Phi) is 4.17. The SMILES string of the molecule is CCCc1cc(=O)n2nc(NC3CCc4c(OC)cccc43)sc2n1. The highest BCUT2D eigenvalue weighted by atomic mass is 32.1. The van der Waals surface area contributed by atoms with Crippen LogP contribution in [0.15, 0.2) is 29.1 Å². The monoisotopic (exact) mass is 356 g/mol. The summed E-state index contributed by atoms with van der Waals surface area (Å²) in [5, 5.41) is 8.60. The first-order chi connectivity index (χ1) is 12.2. The van der Waals surface area contributed by atoms with Gasteiger partial charge < -0.3 is 10.1 Å². The molecular formula is C18H20N4O2S. The van der Waals surface area contributed by atoms with E-state index in [1.807, 2.05) is 12.1 Å². The van der Waals surface area contributed by atoms with Gasteiger partial charge in [0.05, 0.1) is 13.2 Å². The van der Waals surface area contributed by atoms with E-state index in [1.54, 1.807) is 13.2 Å². The van der Waals surface area contributed by atoms with E-state index in [2.05, 4.69) is 28.4 Å². The van der Waals surface area contributed by atoms with E-state index in [0.29, 0.717) is 4.96 Å². The number of benzene rings is 1. The summed E-state index contributed by atoms with van der Waals surface area (Å²) in [5.74, 6) is 0.938. The van der Waals surface area contributed by atoms with E-state index in [9.17, 15) is 4.79 Å². The Bertz CT molecular complexity index is 979. The molecule has 25 heavy (non-hydrogen) atoms. The Hall–Kier alpha value is -2.41. The summed E-state index contributed by atoms with van der Waals surface area (Å²) in [6.45, 7) is 2.08. The summed E-state index contributed by atoms with van der Waals surface area (Å²) in [6.07, 6.45) is 3.73. The Morgan fingerprint density at radius 3 is 3.12 bits per heavy atom. The van der Waals surface area contributed by atoms with Gasteiger partial charge in [0.1, 0.15) is 5.75 Å². The van der Waals surface area contributed by atoms with Crippen molar-refractivity contribution in [3.63, 3.8) is 0 Å². The highest BCUT2D eigenvalue weighted by molar-refractivity contribution is 7.20. The van der Waals surface area contributed by atoms with Crippen LogP contribution < -0.4 is 15.6 Å². The van der Waals surface area contributed by atoms with Crippen LogP contribution in [0.3, 0.4) is 0 Å². The minimum atomic E-state index is -0.119. The number of methoxy groups -OCH3 is 1. The predicted octanol–water partition coefficient (Wildman–Crippen LogP) is 3.21. The maximum Gasteiger partial charge on any atom is 0.275 e. The van der Waals surface area contributed by atoms with Crippen LogP contribution in [0.4, 0.5) is 5.13 Å². The number of anilines is 1. The first-order valence-corrected chi connectivity index (χ1v) is 9.33. The lowest BCUT2D eigenvalue weighted by atomic mass is 10.1. The van der Waals surface area contributed by atoms with Crippen molar-refractivity contribution in [2.45, 2.75) is 38.6 Å².